The number of methoxy groups -OCH3 is 1. The van der Waals surface area contributed by atoms with Crippen molar-refractivity contribution >= 4 is 6.03 Å². The highest BCUT2D eigenvalue weighted by molar-refractivity contribution is 5.74. The molecular weight excluding hydrogens is 320 g/mol. The van der Waals surface area contributed by atoms with Gasteiger partial charge in [0.15, 0.2) is 5.82 Å². The van der Waals surface area contributed by atoms with E-state index in [0.29, 0.717) is 24.1 Å². The van der Waals surface area contributed by atoms with Crippen molar-refractivity contribution < 1.29 is 14.1 Å². The smallest absolute Gasteiger partial charge is 0.317 e. The lowest BCUT2D eigenvalue weighted by Gasteiger charge is -2.18. The molecule has 2 aromatic rings. The molecule has 134 valence electrons. The van der Waals surface area contributed by atoms with E-state index in [-0.39, 0.29) is 12.1 Å². The van der Waals surface area contributed by atoms with Crippen LogP contribution in [0.3, 0.4) is 0 Å². The fourth-order valence-electron chi connectivity index (χ4n) is 2.97. The number of hydrogen-bond donors (Lipinski definition) is 1. The lowest BCUT2D eigenvalue weighted by molar-refractivity contribution is 0.204. The Kier molecular flexibility index (Phi) is 5.21. The van der Waals surface area contributed by atoms with Crippen LogP contribution < -0.4 is 10.1 Å². The highest BCUT2D eigenvalue weighted by Gasteiger charge is 2.27. The van der Waals surface area contributed by atoms with Crippen LogP contribution in [-0.2, 0) is 6.42 Å². The molecule has 2 heterocycles. The van der Waals surface area contributed by atoms with E-state index in [0.717, 1.165) is 30.8 Å². The van der Waals surface area contributed by atoms with Crippen molar-refractivity contribution in [3.8, 4) is 17.2 Å². The van der Waals surface area contributed by atoms with Crippen molar-refractivity contribution in [3.63, 3.8) is 0 Å². The second-order valence-corrected chi connectivity index (χ2v) is 6.65. The Balaban J connectivity index is 1.57. The highest BCUT2D eigenvalue weighted by Crippen LogP contribution is 2.23. The molecule has 25 heavy (non-hydrogen) atoms. The first kappa shape index (κ1) is 17.3. The molecule has 1 aliphatic heterocycles. The summed E-state index contributed by atoms with van der Waals surface area (Å²) in [4.78, 5) is 18.4. The van der Waals surface area contributed by atoms with Gasteiger partial charge in [0.2, 0.25) is 0 Å². The van der Waals surface area contributed by atoms with Gasteiger partial charge in [-0.2, -0.15) is 4.98 Å². The first-order valence-electron chi connectivity index (χ1n) is 8.57. The van der Waals surface area contributed by atoms with Gasteiger partial charge in [-0.25, -0.2) is 4.79 Å². The zero-order chi connectivity index (χ0) is 17.8. The van der Waals surface area contributed by atoms with Gasteiger partial charge in [0.1, 0.15) is 5.75 Å². The Bertz CT molecular complexity index is 711. The van der Waals surface area contributed by atoms with Crippen molar-refractivity contribution in [3.05, 3.63) is 30.1 Å². The van der Waals surface area contributed by atoms with Crippen LogP contribution in [0.5, 0.6) is 5.75 Å². The van der Waals surface area contributed by atoms with Crippen LogP contribution >= 0.6 is 0 Å². The summed E-state index contributed by atoms with van der Waals surface area (Å²) >= 11 is 0. The van der Waals surface area contributed by atoms with Crippen LogP contribution in [-0.4, -0.2) is 47.3 Å². The van der Waals surface area contributed by atoms with Gasteiger partial charge in [-0.3, -0.25) is 0 Å². The average Bonchev–Trinajstić information content (AvgIpc) is 3.24. The number of amides is 2. The van der Waals surface area contributed by atoms with Crippen LogP contribution in [0.1, 0.15) is 26.1 Å². The number of nitrogens with one attached hydrogen (secondary N) is 1. The number of ether oxygens (including phenoxy) is 1. The number of rotatable bonds is 5. The van der Waals surface area contributed by atoms with Crippen LogP contribution in [0.25, 0.3) is 11.5 Å². The molecule has 1 aliphatic rings. The van der Waals surface area contributed by atoms with Gasteiger partial charge >= 0.3 is 6.03 Å². The highest BCUT2D eigenvalue weighted by atomic mass is 16.5. The number of nitrogens with zero attached hydrogens (tertiary/aromatic N) is 3. The van der Waals surface area contributed by atoms with E-state index < -0.39 is 0 Å². The minimum Gasteiger partial charge on any atom is -0.497 e. The maximum atomic E-state index is 12.0. The molecule has 1 aromatic heterocycles. The quantitative estimate of drug-likeness (QED) is 0.902. The van der Waals surface area contributed by atoms with Crippen molar-refractivity contribution in [2.24, 2.45) is 5.92 Å². The largest absolute Gasteiger partial charge is 0.497 e. The van der Waals surface area contributed by atoms with Gasteiger partial charge in [-0.05, 0) is 50.5 Å². The number of hydrogen-bond acceptors (Lipinski definition) is 5. The second kappa shape index (κ2) is 7.55. The Morgan fingerprint density at radius 1 is 1.40 bits per heavy atom. The monoisotopic (exact) mass is 344 g/mol. The summed E-state index contributed by atoms with van der Waals surface area (Å²) in [5.41, 5.74) is 0.865. The standard InChI is InChI=1S/C18H24N4O3/c1-12(2)19-18(23)22-9-8-13(11-22)10-16-20-17(25-21-16)14-4-6-15(24-3)7-5-14/h4-7,12-13H,8-11H2,1-3H3,(H,19,23). The first-order valence-corrected chi connectivity index (χ1v) is 8.57. The fourth-order valence-corrected chi connectivity index (χ4v) is 2.97. The molecule has 1 N–H and O–H groups in total. The predicted octanol–water partition coefficient (Wildman–Crippen LogP) is 2.73. The van der Waals surface area contributed by atoms with Crippen LogP contribution in [0.2, 0.25) is 0 Å². The zero-order valence-corrected chi connectivity index (χ0v) is 14.9. The normalized spacial score (nSPS) is 17.1. The van der Waals surface area contributed by atoms with E-state index in [1.807, 2.05) is 43.0 Å². The van der Waals surface area contributed by atoms with Crippen LogP contribution in [0.15, 0.2) is 28.8 Å². The third kappa shape index (κ3) is 4.29. The summed E-state index contributed by atoms with van der Waals surface area (Å²) in [6.07, 6.45) is 1.67. The van der Waals surface area contributed by atoms with Crippen molar-refractivity contribution in [1.29, 1.82) is 0 Å². The van der Waals surface area contributed by atoms with Crippen LogP contribution in [0, 0.1) is 5.92 Å². The summed E-state index contributed by atoms with van der Waals surface area (Å²) in [7, 11) is 1.63. The van der Waals surface area contributed by atoms with E-state index in [1.165, 1.54) is 0 Å². The number of likely N-dealkylation sites (tertiary alicyclic amines) is 1. The SMILES string of the molecule is COc1ccc(-c2nc(CC3CCN(C(=O)NC(C)C)C3)no2)cc1. The summed E-state index contributed by atoms with van der Waals surface area (Å²) in [6.45, 7) is 5.42. The molecule has 0 radical (unpaired) electrons. The number of benzene rings is 1. The summed E-state index contributed by atoms with van der Waals surface area (Å²) in [5.74, 6) is 2.33. The zero-order valence-electron chi connectivity index (χ0n) is 14.9. The molecule has 1 fully saturated rings. The number of carbonyl (C=O) groups excluding carboxylic acids is 1. The van der Waals surface area contributed by atoms with E-state index in [4.69, 9.17) is 9.26 Å². The molecule has 7 nitrogen and oxygen atoms in total. The fraction of sp³-hybridized carbons (Fsp3) is 0.500. The predicted molar refractivity (Wildman–Crippen MR) is 93.3 cm³/mol. The van der Waals surface area contributed by atoms with Crippen molar-refractivity contribution in [1.82, 2.24) is 20.4 Å². The van der Waals surface area contributed by atoms with Gasteiger partial charge in [-0.1, -0.05) is 5.16 Å². The van der Waals surface area contributed by atoms with Gasteiger partial charge in [0.05, 0.1) is 7.11 Å². The summed E-state index contributed by atoms with van der Waals surface area (Å²) in [5, 5.41) is 7.01. The molecule has 1 aromatic carbocycles. The molecule has 1 saturated heterocycles. The third-order valence-corrected chi connectivity index (χ3v) is 4.26. The lowest BCUT2D eigenvalue weighted by Crippen LogP contribution is -2.41. The van der Waals surface area contributed by atoms with Crippen molar-refractivity contribution in [2.45, 2.75) is 32.7 Å². The van der Waals surface area contributed by atoms with E-state index in [9.17, 15) is 4.79 Å². The van der Waals surface area contributed by atoms with Gasteiger partial charge in [0, 0.05) is 31.1 Å². The van der Waals surface area contributed by atoms with Gasteiger partial charge < -0.3 is 19.5 Å². The minimum atomic E-state index is 0.00420. The Morgan fingerprint density at radius 2 is 2.16 bits per heavy atom. The molecule has 0 aliphatic carbocycles. The van der Waals surface area contributed by atoms with E-state index in [2.05, 4.69) is 15.5 Å². The first-order chi connectivity index (χ1) is 12.0. The van der Waals surface area contributed by atoms with Crippen LogP contribution in [0.4, 0.5) is 4.79 Å². The molecule has 0 saturated carbocycles. The average molecular weight is 344 g/mol. The van der Waals surface area contributed by atoms with Crippen molar-refractivity contribution in [2.75, 3.05) is 20.2 Å². The minimum absolute atomic E-state index is 0.00420. The maximum absolute atomic E-state index is 12.0. The van der Waals surface area contributed by atoms with E-state index in [1.54, 1.807) is 7.11 Å². The van der Waals surface area contributed by atoms with Gasteiger partial charge in [-0.15, -0.1) is 0 Å². The molecule has 1 unspecified atom stereocenters. The number of aromatic nitrogens is 2. The molecule has 1 atom stereocenters. The number of urea groups is 1. The Hall–Kier alpha value is -2.57. The summed E-state index contributed by atoms with van der Waals surface area (Å²) in [6, 6.07) is 7.66. The molecule has 0 spiro atoms. The Morgan fingerprint density at radius 3 is 2.84 bits per heavy atom. The lowest BCUT2D eigenvalue weighted by atomic mass is 10.1. The third-order valence-electron chi connectivity index (χ3n) is 4.26. The Labute approximate surface area is 147 Å². The number of carbonyl (C=O) groups is 1. The molecule has 2 amide bonds. The summed E-state index contributed by atoms with van der Waals surface area (Å²) < 4.78 is 10.5. The maximum Gasteiger partial charge on any atom is 0.317 e. The topological polar surface area (TPSA) is 80.5 Å². The molecular formula is C18H24N4O3. The molecule has 0 bridgehead atoms. The molecule has 7 heteroatoms. The van der Waals surface area contributed by atoms with E-state index >= 15 is 0 Å². The van der Waals surface area contributed by atoms with Gasteiger partial charge in [0.25, 0.3) is 5.89 Å². The second-order valence-electron chi connectivity index (χ2n) is 6.65. The molecule has 3 rings (SSSR count).